The van der Waals surface area contributed by atoms with E-state index in [2.05, 4.69) is 20.5 Å². The molecule has 1 aliphatic heterocycles. The zero-order valence-corrected chi connectivity index (χ0v) is 15.9. The first kappa shape index (κ1) is 18.2. The van der Waals surface area contributed by atoms with Gasteiger partial charge in [0.25, 0.3) is 0 Å². The molecule has 4 rings (SSSR count). The second-order valence-electron chi connectivity index (χ2n) is 7.03. The predicted molar refractivity (Wildman–Crippen MR) is 105 cm³/mol. The molecule has 8 nitrogen and oxygen atoms in total. The maximum absolute atomic E-state index is 12.6. The van der Waals surface area contributed by atoms with Crippen molar-refractivity contribution in [2.45, 2.75) is 20.0 Å². The van der Waals surface area contributed by atoms with Crippen molar-refractivity contribution in [3.8, 4) is 0 Å². The van der Waals surface area contributed by atoms with Crippen molar-refractivity contribution >= 4 is 11.7 Å². The van der Waals surface area contributed by atoms with Crippen molar-refractivity contribution in [1.82, 2.24) is 24.7 Å². The van der Waals surface area contributed by atoms with E-state index in [9.17, 15) is 4.79 Å². The molecule has 1 aromatic carbocycles. The van der Waals surface area contributed by atoms with Gasteiger partial charge in [-0.3, -0.25) is 9.58 Å². The van der Waals surface area contributed by atoms with Crippen LogP contribution in [0.5, 0.6) is 0 Å². The summed E-state index contributed by atoms with van der Waals surface area (Å²) >= 11 is 0. The molecule has 0 spiro atoms. The van der Waals surface area contributed by atoms with Gasteiger partial charge in [-0.15, -0.1) is 0 Å². The van der Waals surface area contributed by atoms with Crippen LogP contribution in [0.25, 0.3) is 0 Å². The number of nitrogens with zero attached hydrogens (tertiary/aromatic N) is 5. The number of urea groups is 1. The monoisotopic (exact) mass is 380 g/mol. The first-order chi connectivity index (χ1) is 13.7. The van der Waals surface area contributed by atoms with Crippen molar-refractivity contribution in [1.29, 1.82) is 0 Å². The fourth-order valence-corrected chi connectivity index (χ4v) is 3.36. The summed E-state index contributed by atoms with van der Waals surface area (Å²) < 4.78 is 6.98. The Labute approximate surface area is 163 Å². The fourth-order valence-electron chi connectivity index (χ4n) is 3.36. The molecule has 0 aliphatic carbocycles. The Hall–Kier alpha value is -3.13. The molecule has 0 bridgehead atoms. The molecule has 0 saturated carbocycles. The number of nitrogens with one attached hydrogen (secondary N) is 1. The predicted octanol–water partition coefficient (Wildman–Crippen LogP) is 2.58. The molecular formula is C20H24N6O2. The number of hydrogen-bond acceptors (Lipinski definition) is 5. The summed E-state index contributed by atoms with van der Waals surface area (Å²) in [7, 11) is 0. The van der Waals surface area contributed by atoms with Crippen LogP contribution < -0.4 is 5.32 Å². The number of hydrogen-bond donors (Lipinski definition) is 1. The molecule has 1 aliphatic rings. The fraction of sp³-hybridized carbons (Fsp3) is 0.350. The van der Waals surface area contributed by atoms with Gasteiger partial charge in [-0.1, -0.05) is 17.3 Å². The highest BCUT2D eigenvalue weighted by Gasteiger charge is 2.22. The third kappa shape index (κ3) is 4.58. The zero-order chi connectivity index (χ0) is 19.3. The second-order valence-corrected chi connectivity index (χ2v) is 7.03. The van der Waals surface area contributed by atoms with E-state index in [1.807, 2.05) is 59.1 Å². The number of anilines is 1. The van der Waals surface area contributed by atoms with E-state index in [4.69, 9.17) is 4.52 Å². The van der Waals surface area contributed by atoms with E-state index in [1.165, 1.54) is 0 Å². The van der Waals surface area contributed by atoms with Crippen molar-refractivity contribution < 1.29 is 9.32 Å². The van der Waals surface area contributed by atoms with Gasteiger partial charge in [0.15, 0.2) is 0 Å². The summed E-state index contributed by atoms with van der Waals surface area (Å²) in [6.45, 7) is 6.34. The van der Waals surface area contributed by atoms with Crippen LogP contribution in [0.3, 0.4) is 0 Å². The average Bonchev–Trinajstić information content (AvgIpc) is 3.34. The molecule has 1 saturated heterocycles. The lowest BCUT2D eigenvalue weighted by atomic mass is 10.2. The molecule has 2 amide bonds. The van der Waals surface area contributed by atoms with Crippen LogP contribution in [0, 0.1) is 6.92 Å². The molecular weight excluding hydrogens is 356 g/mol. The molecule has 3 heterocycles. The number of carbonyl (C=O) groups is 1. The summed E-state index contributed by atoms with van der Waals surface area (Å²) in [5, 5.41) is 11.3. The summed E-state index contributed by atoms with van der Waals surface area (Å²) in [4.78, 5) is 16.8. The van der Waals surface area contributed by atoms with E-state index in [0.29, 0.717) is 19.6 Å². The Morgan fingerprint density at radius 1 is 1.14 bits per heavy atom. The number of aromatic nitrogens is 3. The average molecular weight is 380 g/mol. The summed E-state index contributed by atoms with van der Waals surface area (Å²) in [5.41, 5.74) is 2.83. The Morgan fingerprint density at radius 3 is 2.71 bits per heavy atom. The van der Waals surface area contributed by atoms with Gasteiger partial charge in [0.1, 0.15) is 5.76 Å². The van der Waals surface area contributed by atoms with Gasteiger partial charge in [0.05, 0.1) is 12.2 Å². The van der Waals surface area contributed by atoms with Crippen molar-refractivity contribution in [2.24, 2.45) is 0 Å². The van der Waals surface area contributed by atoms with E-state index in [-0.39, 0.29) is 6.03 Å². The van der Waals surface area contributed by atoms with Crippen LogP contribution in [-0.2, 0) is 13.1 Å². The zero-order valence-electron chi connectivity index (χ0n) is 15.9. The topological polar surface area (TPSA) is 79.4 Å². The van der Waals surface area contributed by atoms with Crippen LogP contribution in [0.1, 0.15) is 17.0 Å². The second kappa shape index (κ2) is 8.26. The maximum atomic E-state index is 12.6. The van der Waals surface area contributed by atoms with Gasteiger partial charge in [0.2, 0.25) is 0 Å². The Balaban J connectivity index is 1.28. The van der Waals surface area contributed by atoms with Crippen molar-refractivity contribution in [3.63, 3.8) is 0 Å². The number of benzene rings is 1. The molecule has 1 N–H and O–H groups in total. The lowest BCUT2D eigenvalue weighted by Gasteiger charge is -2.34. The summed E-state index contributed by atoms with van der Waals surface area (Å²) in [5.74, 6) is 0.822. The van der Waals surface area contributed by atoms with Crippen molar-refractivity contribution in [3.05, 3.63) is 65.8 Å². The molecule has 0 radical (unpaired) electrons. The Morgan fingerprint density at radius 2 is 2.00 bits per heavy atom. The van der Waals surface area contributed by atoms with E-state index in [1.54, 1.807) is 6.20 Å². The Bertz CT molecular complexity index is 912. The van der Waals surface area contributed by atoms with Crippen LogP contribution in [-0.4, -0.2) is 56.9 Å². The lowest BCUT2D eigenvalue weighted by Crippen LogP contribution is -2.49. The van der Waals surface area contributed by atoms with Crippen molar-refractivity contribution in [2.75, 3.05) is 31.5 Å². The highest BCUT2D eigenvalue weighted by molar-refractivity contribution is 5.89. The summed E-state index contributed by atoms with van der Waals surface area (Å²) in [6, 6.07) is 11.7. The molecule has 0 atom stereocenters. The van der Waals surface area contributed by atoms with Gasteiger partial charge in [-0.2, -0.15) is 5.10 Å². The quantitative estimate of drug-likeness (QED) is 0.736. The van der Waals surface area contributed by atoms with Gasteiger partial charge in [0, 0.05) is 56.9 Å². The van der Waals surface area contributed by atoms with E-state index >= 15 is 0 Å². The minimum atomic E-state index is -0.0619. The van der Waals surface area contributed by atoms with Gasteiger partial charge < -0.3 is 14.7 Å². The normalized spacial score (nSPS) is 15.0. The van der Waals surface area contributed by atoms with Gasteiger partial charge >= 0.3 is 6.03 Å². The SMILES string of the molecule is Cc1cc(CN2CCN(C(=O)Nc3cccc(Cn4cccn4)c3)CC2)no1. The molecule has 0 unspecified atom stereocenters. The third-order valence-corrected chi connectivity index (χ3v) is 4.80. The smallest absolute Gasteiger partial charge is 0.321 e. The standard InChI is InChI=1S/C20H24N6O2/c1-16-12-19(23-28-16)15-24-8-10-25(11-9-24)20(27)22-18-5-2-4-17(13-18)14-26-7-3-6-21-26/h2-7,12-13H,8-11,14-15H2,1H3,(H,22,27). The number of rotatable bonds is 5. The van der Waals surface area contributed by atoms with E-state index in [0.717, 1.165) is 42.3 Å². The summed E-state index contributed by atoms with van der Waals surface area (Å²) in [6.07, 6.45) is 3.68. The molecule has 146 valence electrons. The molecule has 1 fully saturated rings. The first-order valence-corrected chi connectivity index (χ1v) is 9.42. The third-order valence-electron chi connectivity index (χ3n) is 4.80. The number of carbonyl (C=O) groups excluding carboxylic acids is 1. The van der Waals surface area contributed by atoms with Crippen LogP contribution >= 0.6 is 0 Å². The minimum absolute atomic E-state index is 0.0619. The lowest BCUT2D eigenvalue weighted by molar-refractivity contribution is 0.141. The van der Waals surface area contributed by atoms with Crippen LogP contribution in [0.15, 0.2) is 53.3 Å². The first-order valence-electron chi connectivity index (χ1n) is 9.42. The Kier molecular flexibility index (Phi) is 5.38. The van der Waals surface area contributed by atoms with Crippen LogP contribution in [0.4, 0.5) is 10.5 Å². The largest absolute Gasteiger partial charge is 0.361 e. The van der Waals surface area contributed by atoms with Gasteiger partial charge in [-0.05, 0) is 30.7 Å². The van der Waals surface area contributed by atoms with Crippen LogP contribution in [0.2, 0.25) is 0 Å². The molecule has 2 aromatic heterocycles. The highest BCUT2D eigenvalue weighted by Crippen LogP contribution is 2.14. The molecule has 28 heavy (non-hydrogen) atoms. The molecule has 3 aromatic rings. The number of aryl methyl sites for hydroxylation is 1. The van der Waals surface area contributed by atoms with Gasteiger partial charge in [-0.25, -0.2) is 4.79 Å². The number of piperazine rings is 1. The van der Waals surface area contributed by atoms with E-state index < -0.39 is 0 Å². The number of amides is 2. The maximum Gasteiger partial charge on any atom is 0.321 e. The molecule has 8 heteroatoms. The minimum Gasteiger partial charge on any atom is -0.361 e. The highest BCUT2D eigenvalue weighted by atomic mass is 16.5.